The van der Waals surface area contributed by atoms with Gasteiger partial charge in [-0.1, -0.05) is 22.0 Å². The Labute approximate surface area is 118 Å². The molecule has 1 aliphatic heterocycles. The zero-order valence-corrected chi connectivity index (χ0v) is 12.4. The molecule has 1 aliphatic rings. The summed E-state index contributed by atoms with van der Waals surface area (Å²) in [6.07, 6.45) is 2.87. The highest BCUT2D eigenvalue weighted by Gasteiger charge is 2.18. The van der Waals surface area contributed by atoms with Crippen molar-refractivity contribution in [2.45, 2.75) is 18.9 Å². The minimum absolute atomic E-state index is 0.421. The lowest BCUT2D eigenvalue weighted by molar-refractivity contribution is 0.0329. The van der Waals surface area contributed by atoms with Gasteiger partial charge in [-0.3, -0.25) is 4.90 Å². The van der Waals surface area contributed by atoms with Gasteiger partial charge in [-0.25, -0.2) is 0 Å². The van der Waals surface area contributed by atoms with E-state index in [-0.39, 0.29) is 0 Å². The molecule has 18 heavy (non-hydrogen) atoms. The van der Waals surface area contributed by atoms with Crippen molar-refractivity contribution in [2.24, 2.45) is 0 Å². The van der Waals surface area contributed by atoms with Gasteiger partial charge in [0.1, 0.15) is 0 Å². The third kappa shape index (κ3) is 4.26. The number of likely N-dealkylation sites (tertiary alicyclic amines) is 1. The van der Waals surface area contributed by atoms with E-state index in [2.05, 4.69) is 38.3 Å². The molecule has 4 heteroatoms. The van der Waals surface area contributed by atoms with Crippen LogP contribution >= 0.6 is 15.9 Å². The quantitative estimate of drug-likeness (QED) is 0.904. The number of hydrogen-bond donors (Lipinski definition) is 1. The summed E-state index contributed by atoms with van der Waals surface area (Å²) in [6.45, 7) is 4.32. The Morgan fingerprint density at radius 2 is 2.39 bits per heavy atom. The minimum Gasteiger partial charge on any atom is -0.384 e. The summed E-state index contributed by atoms with van der Waals surface area (Å²) >= 11 is 3.48. The fourth-order valence-electron chi connectivity index (χ4n) is 2.37. The molecule has 1 fully saturated rings. The summed E-state index contributed by atoms with van der Waals surface area (Å²) < 4.78 is 6.55. The van der Waals surface area contributed by atoms with Gasteiger partial charge >= 0.3 is 0 Å². The van der Waals surface area contributed by atoms with E-state index >= 15 is 0 Å². The zero-order chi connectivity index (χ0) is 12.8. The number of halogens is 1. The first-order valence-electron chi connectivity index (χ1n) is 6.52. The first kappa shape index (κ1) is 13.8. The summed E-state index contributed by atoms with van der Waals surface area (Å²) in [5.74, 6) is 0. The lowest BCUT2D eigenvalue weighted by Gasteiger charge is -2.31. The first-order chi connectivity index (χ1) is 8.78. The SMILES string of the molecule is COC1CCCN(CCNc2cccc(Br)c2)C1. The predicted molar refractivity (Wildman–Crippen MR) is 79.1 cm³/mol. The van der Waals surface area contributed by atoms with E-state index in [1.54, 1.807) is 0 Å². The molecule has 2 rings (SSSR count). The normalized spacial score (nSPS) is 20.9. The molecule has 1 unspecified atom stereocenters. The van der Waals surface area contributed by atoms with Crippen LogP contribution < -0.4 is 5.32 Å². The maximum Gasteiger partial charge on any atom is 0.0698 e. The van der Waals surface area contributed by atoms with E-state index in [0.29, 0.717) is 6.10 Å². The van der Waals surface area contributed by atoms with Crippen LogP contribution in [0.4, 0.5) is 5.69 Å². The van der Waals surface area contributed by atoms with Gasteiger partial charge < -0.3 is 10.1 Å². The molecule has 1 aromatic carbocycles. The fraction of sp³-hybridized carbons (Fsp3) is 0.571. The average molecular weight is 313 g/mol. The van der Waals surface area contributed by atoms with Gasteiger partial charge in [0.2, 0.25) is 0 Å². The lowest BCUT2D eigenvalue weighted by Crippen LogP contribution is -2.41. The van der Waals surface area contributed by atoms with E-state index < -0.39 is 0 Å². The predicted octanol–water partition coefficient (Wildman–Crippen LogP) is 2.97. The second-order valence-electron chi connectivity index (χ2n) is 4.74. The Morgan fingerprint density at radius 3 is 3.17 bits per heavy atom. The van der Waals surface area contributed by atoms with Crippen LogP contribution in [-0.2, 0) is 4.74 Å². The number of nitrogens with zero attached hydrogens (tertiary/aromatic N) is 1. The molecule has 1 heterocycles. The molecule has 1 atom stereocenters. The highest BCUT2D eigenvalue weighted by molar-refractivity contribution is 9.10. The molecule has 0 aromatic heterocycles. The number of anilines is 1. The van der Waals surface area contributed by atoms with Gasteiger partial charge in [0.05, 0.1) is 6.10 Å². The molecule has 1 N–H and O–H groups in total. The van der Waals surface area contributed by atoms with Crippen LogP contribution in [0.3, 0.4) is 0 Å². The van der Waals surface area contributed by atoms with Crippen LogP contribution in [0.1, 0.15) is 12.8 Å². The van der Waals surface area contributed by atoms with Crippen molar-refractivity contribution in [2.75, 3.05) is 38.6 Å². The smallest absolute Gasteiger partial charge is 0.0698 e. The van der Waals surface area contributed by atoms with Crippen LogP contribution in [0.25, 0.3) is 0 Å². The molecular weight excluding hydrogens is 292 g/mol. The van der Waals surface area contributed by atoms with Crippen LogP contribution in [-0.4, -0.2) is 44.3 Å². The van der Waals surface area contributed by atoms with Crippen molar-refractivity contribution >= 4 is 21.6 Å². The largest absolute Gasteiger partial charge is 0.384 e. The number of ether oxygens (including phenoxy) is 1. The highest BCUT2D eigenvalue weighted by Crippen LogP contribution is 2.16. The minimum atomic E-state index is 0.421. The van der Waals surface area contributed by atoms with Gasteiger partial charge in [0.15, 0.2) is 0 Å². The summed E-state index contributed by atoms with van der Waals surface area (Å²) in [6, 6.07) is 8.29. The van der Waals surface area contributed by atoms with Gasteiger partial charge in [0, 0.05) is 36.9 Å². The second kappa shape index (κ2) is 7.12. The Balaban J connectivity index is 1.72. The van der Waals surface area contributed by atoms with Crippen molar-refractivity contribution in [3.05, 3.63) is 28.7 Å². The van der Waals surface area contributed by atoms with Gasteiger partial charge in [-0.2, -0.15) is 0 Å². The number of rotatable bonds is 5. The van der Waals surface area contributed by atoms with Crippen molar-refractivity contribution < 1.29 is 4.74 Å². The standard InChI is InChI=1S/C14H21BrN2O/c1-18-14-6-3-8-17(11-14)9-7-16-13-5-2-4-12(15)10-13/h2,4-5,10,14,16H,3,6-9,11H2,1H3. The molecule has 100 valence electrons. The number of piperidine rings is 1. The molecule has 1 saturated heterocycles. The van der Waals surface area contributed by atoms with Crippen molar-refractivity contribution in [3.63, 3.8) is 0 Å². The Morgan fingerprint density at radius 1 is 1.50 bits per heavy atom. The van der Waals surface area contributed by atoms with Crippen molar-refractivity contribution in [3.8, 4) is 0 Å². The number of hydrogen-bond acceptors (Lipinski definition) is 3. The molecule has 0 bridgehead atoms. The molecule has 1 aromatic rings. The maximum atomic E-state index is 5.43. The van der Waals surface area contributed by atoms with Crippen LogP contribution in [0, 0.1) is 0 Å². The van der Waals surface area contributed by atoms with E-state index in [9.17, 15) is 0 Å². The number of nitrogens with one attached hydrogen (secondary N) is 1. The molecule has 0 spiro atoms. The van der Waals surface area contributed by atoms with Crippen LogP contribution in [0.2, 0.25) is 0 Å². The fourth-order valence-corrected chi connectivity index (χ4v) is 2.76. The second-order valence-corrected chi connectivity index (χ2v) is 5.65. The van der Waals surface area contributed by atoms with E-state index in [1.165, 1.54) is 25.1 Å². The Hall–Kier alpha value is -0.580. The third-order valence-corrected chi connectivity index (χ3v) is 3.87. The topological polar surface area (TPSA) is 24.5 Å². The Bertz CT molecular complexity index is 373. The lowest BCUT2D eigenvalue weighted by atomic mass is 10.1. The Kier molecular flexibility index (Phi) is 5.47. The first-order valence-corrected chi connectivity index (χ1v) is 7.32. The summed E-state index contributed by atoms with van der Waals surface area (Å²) in [5, 5.41) is 3.45. The zero-order valence-electron chi connectivity index (χ0n) is 10.9. The van der Waals surface area contributed by atoms with Crippen molar-refractivity contribution in [1.29, 1.82) is 0 Å². The monoisotopic (exact) mass is 312 g/mol. The third-order valence-electron chi connectivity index (χ3n) is 3.38. The average Bonchev–Trinajstić information content (AvgIpc) is 2.39. The van der Waals surface area contributed by atoms with Crippen molar-refractivity contribution in [1.82, 2.24) is 4.90 Å². The van der Waals surface area contributed by atoms with E-state index in [0.717, 1.165) is 24.1 Å². The molecule has 0 aliphatic carbocycles. The summed E-state index contributed by atoms with van der Waals surface area (Å²) in [7, 11) is 1.81. The van der Waals surface area contributed by atoms with Gasteiger partial charge in [-0.05, 0) is 37.6 Å². The highest BCUT2D eigenvalue weighted by atomic mass is 79.9. The molecule has 3 nitrogen and oxygen atoms in total. The van der Waals surface area contributed by atoms with E-state index in [4.69, 9.17) is 4.74 Å². The molecule has 0 saturated carbocycles. The number of methoxy groups -OCH3 is 1. The molecule has 0 radical (unpaired) electrons. The van der Waals surface area contributed by atoms with Gasteiger partial charge in [0.25, 0.3) is 0 Å². The van der Waals surface area contributed by atoms with Crippen LogP contribution in [0.15, 0.2) is 28.7 Å². The van der Waals surface area contributed by atoms with E-state index in [1.807, 2.05) is 19.2 Å². The maximum absolute atomic E-state index is 5.43. The summed E-state index contributed by atoms with van der Waals surface area (Å²) in [5.41, 5.74) is 1.17. The molecule has 0 amide bonds. The number of benzene rings is 1. The summed E-state index contributed by atoms with van der Waals surface area (Å²) in [4.78, 5) is 2.47. The van der Waals surface area contributed by atoms with Gasteiger partial charge in [-0.15, -0.1) is 0 Å². The van der Waals surface area contributed by atoms with Crippen LogP contribution in [0.5, 0.6) is 0 Å². The molecular formula is C14H21BrN2O.